The lowest BCUT2D eigenvalue weighted by molar-refractivity contribution is -0.137. The first-order valence-corrected chi connectivity index (χ1v) is 15.8. The molecule has 2 aliphatic rings. The Balaban J connectivity index is 1.95. The van der Waals surface area contributed by atoms with Crippen molar-refractivity contribution in [1.29, 1.82) is 0 Å². The lowest BCUT2D eigenvalue weighted by Gasteiger charge is -2.42. The van der Waals surface area contributed by atoms with Gasteiger partial charge in [-0.15, -0.1) is 0 Å². The Morgan fingerprint density at radius 1 is 1.22 bits per heavy atom. The largest absolute Gasteiger partial charge is 0.481 e. The van der Waals surface area contributed by atoms with Crippen molar-refractivity contribution in [1.82, 2.24) is 0 Å². The van der Waals surface area contributed by atoms with Crippen LogP contribution in [-0.4, -0.2) is 36.7 Å². The summed E-state index contributed by atoms with van der Waals surface area (Å²) in [7, 11) is -1.82. The van der Waals surface area contributed by atoms with Crippen LogP contribution >= 0.6 is 0 Å². The van der Waals surface area contributed by atoms with Crippen molar-refractivity contribution in [3.8, 4) is 0 Å². The van der Waals surface area contributed by atoms with Gasteiger partial charge in [-0.1, -0.05) is 63.8 Å². The van der Waals surface area contributed by atoms with Gasteiger partial charge in [0.2, 0.25) is 0 Å². The van der Waals surface area contributed by atoms with Crippen LogP contribution < -0.4 is 0 Å². The van der Waals surface area contributed by atoms with Crippen LogP contribution in [0.5, 0.6) is 0 Å². The highest BCUT2D eigenvalue weighted by Crippen LogP contribution is 2.42. The lowest BCUT2D eigenvalue weighted by atomic mass is 9.82. The second-order valence-electron chi connectivity index (χ2n) is 11.5. The minimum absolute atomic E-state index is 0.200. The Labute approximate surface area is 197 Å². The van der Waals surface area contributed by atoms with Gasteiger partial charge < -0.3 is 14.6 Å². The van der Waals surface area contributed by atoms with Crippen molar-refractivity contribution < 1.29 is 19.4 Å². The van der Waals surface area contributed by atoms with Gasteiger partial charge in [0.25, 0.3) is 0 Å². The van der Waals surface area contributed by atoms with Crippen LogP contribution in [0.15, 0.2) is 23.8 Å². The zero-order valence-corrected chi connectivity index (χ0v) is 22.2. The molecule has 0 aromatic heterocycles. The summed E-state index contributed by atoms with van der Waals surface area (Å²) in [6.07, 6.45) is 18.5. The molecule has 0 spiro atoms. The van der Waals surface area contributed by atoms with Gasteiger partial charge in [-0.05, 0) is 75.4 Å². The maximum Gasteiger partial charge on any atom is 0.303 e. The summed E-state index contributed by atoms with van der Waals surface area (Å²) < 4.78 is 7.00. The highest BCUT2D eigenvalue weighted by molar-refractivity contribution is 6.74. The molecule has 1 saturated carbocycles. The van der Waals surface area contributed by atoms with Crippen LogP contribution in [0.2, 0.25) is 18.1 Å². The first kappa shape index (κ1) is 27.3. The van der Waals surface area contributed by atoms with E-state index in [1.165, 1.54) is 37.7 Å². The zero-order valence-electron chi connectivity index (χ0n) is 21.2. The second kappa shape index (κ2) is 12.5. The van der Waals surface area contributed by atoms with Gasteiger partial charge >= 0.3 is 5.97 Å². The maximum absolute atomic E-state index is 10.6. The molecule has 5 heteroatoms. The van der Waals surface area contributed by atoms with Crippen LogP contribution in [0, 0.1) is 11.8 Å². The SMILES string of the molecule is CC(C)(C)[Si](C)(C)OC(CCC1=CCC(O)[C@@H]1C/C=C\CCCC(=O)O)C1CCCCC1. The fraction of sp³-hybridized carbons (Fsp3) is 0.815. The van der Waals surface area contributed by atoms with Gasteiger partial charge in [-0.3, -0.25) is 4.79 Å². The monoisotopic (exact) mass is 464 g/mol. The first-order chi connectivity index (χ1) is 15.0. The number of hydrogen-bond acceptors (Lipinski definition) is 3. The molecule has 0 amide bonds. The Kier molecular flexibility index (Phi) is 10.7. The summed E-state index contributed by atoms with van der Waals surface area (Å²) in [6, 6.07) is 0. The van der Waals surface area contributed by atoms with E-state index in [-0.39, 0.29) is 23.5 Å². The molecule has 1 fully saturated rings. The lowest BCUT2D eigenvalue weighted by Crippen LogP contribution is -2.46. The molecule has 0 bridgehead atoms. The standard InChI is InChI=1S/C27H48O4Si/c1-27(2,3)32(4,5)31-25(22-13-9-8-10-14-22)20-18-21-17-19-24(28)23(21)15-11-6-7-12-16-26(29)30/h6,11,17,22-25,28H,7-10,12-16,18-20H2,1-5H3,(H,29,30)/b11-6-/t23-,24?,25?/m1/s1. The van der Waals surface area contributed by atoms with E-state index < -0.39 is 14.3 Å². The number of hydrogen-bond donors (Lipinski definition) is 2. The molecule has 0 aromatic carbocycles. The van der Waals surface area contributed by atoms with Gasteiger partial charge in [-0.25, -0.2) is 0 Å². The first-order valence-electron chi connectivity index (χ1n) is 12.9. The average molecular weight is 465 g/mol. The molecule has 184 valence electrons. The van der Waals surface area contributed by atoms with E-state index in [2.05, 4.69) is 52.1 Å². The van der Waals surface area contributed by atoms with Gasteiger partial charge in [0.15, 0.2) is 8.32 Å². The van der Waals surface area contributed by atoms with Crippen LogP contribution in [0.4, 0.5) is 0 Å². The summed E-state index contributed by atoms with van der Waals surface area (Å²) in [5, 5.41) is 19.5. The van der Waals surface area contributed by atoms with Crippen LogP contribution in [0.25, 0.3) is 0 Å². The summed E-state index contributed by atoms with van der Waals surface area (Å²) in [4.78, 5) is 10.6. The average Bonchev–Trinajstić information content (AvgIpc) is 3.07. The molecular formula is C27H48O4Si. The Morgan fingerprint density at radius 3 is 2.53 bits per heavy atom. The molecule has 0 saturated heterocycles. The molecule has 32 heavy (non-hydrogen) atoms. The second-order valence-corrected chi connectivity index (χ2v) is 16.3. The number of aliphatic carboxylic acids is 1. The number of unbranched alkanes of at least 4 members (excludes halogenated alkanes) is 1. The number of carbonyl (C=O) groups is 1. The summed E-state index contributed by atoms with van der Waals surface area (Å²) in [5.41, 5.74) is 1.40. The van der Waals surface area contributed by atoms with E-state index in [1.54, 1.807) is 0 Å². The van der Waals surface area contributed by atoms with Crippen molar-refractivity contribution in [3.05, 3.63) is 23.8 Å². The highest BCUT2D eigenvalue weighted by atomic mass is 28.4. The number of aliphatic hydroxyl groups excluding tert-OH is 1. The molecule has 0 aliphatic heterocycles. The van der Waals surface area contributed by atoms with Crippen molar-refractivity contribution in [2.45, 2.75) is 128 Å². The van der Waals surface area contributed by atoms with E-state index in [0.717, 1.165) is 32.1 Å². The predicted molar refractivity (Wildman–Crippen MR) is 135 cm³/mol. The molecule has 2 N–H and O–H groups in total. The summed E-state index contributed by atoms with van der Waals surface area (Å²) in [6.45, 7) is 11.7. The Hall–Kier alpha value is -0.913. The number of carboxylic acid groups (broad SMARTS) is 1. The van der Waals surface area contributed by atoms with E-state index in [1.807, 2.05) is 0 Å². The molecular weight excluding hydrogens is 416 g/mol. The van der Waals surface area contributed by atoms with Crippen molar-refractivity contribution in [3.63, 3.8) is 0 Å². The minimum atomic E-state index is -1.82. The van der Waals surface area contributed by atoms with Crippen molar-refractivity contribution >= 4 is 14.3 Å². The molecule has 0 radical (unpaired) electrons. The van der Waals surface area contributed by atoms with E-state index in [9.17, 15) is 9.90 Å². The smallest absolute Gasteiger partial charge is 0.303 e. The molecule has 2 unspecified atom stereocenters. The third kappa shape index (κ3) is 8.46. The molecule has 0 heterocycles. The van der Waals surface area contributed by atoms with E-state index in [0.29, 0.717) is 18.4 Å². The third-order valence-electron chi connectivity index (χ3n) is 8.03. The van der Waals surface area contributed by atoms with Gasteiger partial charge in [0.05, 0.1) is 6.10 Å². The number of carboxylic acids is 1. The number of rotatable bonds is 12. The molecule has 3 atom stereocenters. The van der Waals surface area contributed by atoms with Gasteiger partial charge in [0.1, 0.15) is 0 Å². The van der Waals surface area contributed by atoms with E-state index in [4.69, 9.17) is 9.53 Å². The maximum atomic E-state index is 10.6. The topological polar surface area (TPSA) is 66.8 Å². The molecule has 2 aliphatic carbocycles. The number of allylic oxidation sites excluding steroid dienone is 2. The van der Waals surface area contributed by atoms with E-state index >= 15 is 0 Å². The highest BCUT2D eigenvalue weighted by Gasteiger charge is 2.41. The minimum Gasteiger partial charge on any atom is -0.481 e. The fourth-order valence-electron chi connectivity index (χ4n) is 4.92. The summed E-state index contributed by atoms with van der Waals surface area (Å²) >= 11 is 0. The van der Waals surface area contributed by atoms with Crippen LogP contribution in [0.1, 0.15) is 97.8 Å². The van der Waals surface area contributed by atoms with Crippen molar-refractivity contribution in [2.75, 3.05) is 0 Å². The summed E-state index contributed by atoms with van der Waals surface area (Å²) in [5.74, 6) is 0.144. The van der Waals surface area contributed by atoms with Gasteiger partial charge in [-0.2, -0.15) is 0 Å². The molecule has 4 nitrogen and oxygen atoms in total. The Morgan fingerprint density at radius 2 is 1.91 bits per heavy atom. The van der Waals surface area contributed by atoms with Crippen molar-refractivity contribution in [2.24, 2.45) is 11.8 Å². The quantitative estimate of drug-likeness (QED) is 0.181. The van der Waals surface area contributed by atoms with Crippen LogP contribution in [0.3, 0.4) is 0 Å². The number of aliphatic hydroxyl groups is 1. The third-order valence-corrected chi connectivity index (χ3v) is 12.5. The predicted octanol–water partition coefficient (Wildman–Crippen LogP) is 7.25. The van der Waals surface area contributed by atoms with Crippen LogP contribution in [-0.2, 0) is 9.22 Å². The molecule has 0 aromatic rings. The Bertz CT molecular complexity index is 641. The normalized spacial score (nSPS) is 24.1. The zero-order chi connectivity index (χ0) is 23.8. The fourth-order valence-corrected chi connectivity index (χ4v) is 6.34. The van der Waals surface area contributed by atoms with Gasteiger partial charge in [0, 0.05) is 18.4 Å². The molecule has 2 rings (SSSR count).